The summed E-state index contributed by atoms with van der Waals surface area (Å²) >= 11 is 6.01. The fourth-order valence-electron chi connectivity index (χ4n) is 4.71. The molecule has 1 aliphatic rings. The van der Waals surface area contributed by atoms with Crippen LogP contribution in [0.5, 0.6) is 5.75 Å². The molecule has 1 saturated carbocycles. The normalized spacial score (nSPS) is 13.1. The van der Waals surface area contributed by atoms with Crippen LogP contribution in [0.4, 0.5) is 0 Å². The summed E-state index contributed by atoms with van der Waals surface area (Å²) in [6, 6.07) is 7.83. The number of aromatic nitrogens is 8. The average molecular weight is 544 g/mol. The van der Waals surface area contributed by atoms with Gasteiger partial charge in [-0.05, 0) is 55.0 Å². The SMILES string of the molecule is C=C(C)c1c(OC)ccc(-n2cc(Cl)nn2)c1CNC(=O)c1cn(Cc2cn3cc(C4CC4)ccc3n2)nn1. The lowest BCUT2D eigenvalue weighted by atomic mass is 9.98. The van der Waals surface area contributed by atoms with Crippen molar-refractivity contribution in [1.82, 2.24) is 44.7 Å². The summed E-state index contributed by atoms with van der Waals surface area (Å²) < 4.78 is 10.8. The average Bonchev–Trinajstić information content (AvgIpc) is 3.31. The number of nitrogens with one attached hydrogen (secondary N) is 1. The van der Waals surface area contributed by atoms with Gasteiger partial charge in [0.1, 0.15) is 11.4 Å². The van der Waals surface area contributed by atoms with Crippen LogP contribution in [0.3, 0.4) is 0 Å². The minimum Gasteiger partial charge on any atom is -0.496 e. The zero-order valence-electron chi connectivity index (χ0n) is 21.5. The Bertz CT molecular complexity index is 1710. The molecule has 6 rings (SSSR count). The Labute approximate surface area is 229 Å². The molecule has 0 atom stereocenters. The topological polar surface area (TPSA) is 117 Å². The molecule has 4 aromatic heterocycles. The van der Waals surface area contributed by atoms with Crippen LogP contribution >= 0.6 is 11.6 Å². The maximum atomic E-state index is 13.1. The lowest BCUT2D eigenvalue weighted by Crippen LogP contribution is -2.25. The number of imidazole rings is 1. The van der Waals surface area contributed by atoms with E-state index >= 15 is 0 Å². The lowest BCUT2D eigenvalue weighted by molar-refractivity contribution is 0.0945. The number of pyridine rings is 1. The Balaban J connectivity index is 1.20. The summed E-state index contributed by atoms with van der Waals surface area (Å²) in [6.45, 7) is 6.53. The molecule has 1 amide bonds. The maximum absolute atomic E-state index is 13.1. The molecule has 1 N–H and O–H groups in total. The van der Waals surface area contributed by atoms with Gasteiger partial charge in [0, 0.05) is 30.1 Å². The van der Waals surface area contributed by atoms with E-state index in [9.17, 15) is 4.79 Å². The number of hydrogen-bond acceptors (Lipinski definition) is 7. The fraction of sp³-hybridized carbons (Fsp3) is 0.259. The van der Waals surface area contributed by atoms with Crippen LogP contribution in [0.15, 0.2) is 55.6 Å². The number of allylic oxidation sites excluding steroid dienone is 1. The molecule has 1 fully saturated rings. The maximum Gasteiger partial charge on any atom is 0.273 e. The van der Waals surface area contributed by atoms with Crippen LogP contribution in [0.1, 0.15) is 58.6 Å². The molecule has 0 bridgehead atoms. The second-order valence-corrected chi connectivity index (χ2v) is 10.0. The molecule has 5 aromatic rings. The van der Waals surface area contributed by atoms with E-state index in [2.05, 4.69) is 49.8 Å². The number of amides is 1. The van der Waals surface area contributed by atoms with Gasteiger partial charge in [0.05, 0.1) is 37.4 Å². The third kappa shape index (κ3) is 5.00. The van der Waals surface area contributed by atoms with Gasteiger partial charge in [-0.1, -0.05) is 34.7 Å². The number of benzene rings is 1. The predicted molar refractivity (Wildman–Crippen MR) is 145 cm³/mol. The van der Waals surface area contributed by atoms with Crippen molar-refractivity contribution in [3.63, 3.8) is 0 Å². The third-order valence-electron chi connectivity index (χ3n) is 6.70. The highest BCUT2D eigenvalue weighted by Gasteiger charge is 2.24. The fourth-order valence-corrected chi connectivity index (χ4v) is 4.84. The Kier molecular flexibility index (Phi) is 6.35. The number of rotatable bonds is 9. The molecule has 12 heteroatoms. The number of carbonyl (C=O) groups is 1. The van der Waals surface area contributed by atoms with Crippen LogP contribution in [-0.2, 0) is 13.1 Å². The van der Waals surface area contributed by atoms with E-state index in [1.807, 2.05) is 35.7 Å². The monoisotopic (exact) mass is 543 g/mol. The summed E-state index contributed by atoms with van der Waals surface area (Å²) in [5.41, 5.74) is 6.22. The summed E-state index contributed by atoms with van der Waals surface area (Å²) in [5, 5.41) is 19.4. The molecule has 198 valence electrons. The molecule has 11 nitrogen and oxygen atoms in total. The van der Waals surface area contributed by atoms with Gasteiger partial charge in [-0.25, -0.2) is 14.3 Å². The summed E-state index contributed by atoms with van der Waals surface area (Å²) in [7, 11) is 1.59. The molecule has 0 radical (unpaired) electrons. The smallest absolute Gasteiger partial charge is 0.273 e. The highest BCUT2D eigenvalue weighted by atomic mass is 35.5. The molecule has 4 heterocycles. The Morgan fingerprint density at radius 3 is 2.69 bits per heavy atom. The number of ether oxygens (including phenoxy) is 1. The standard InChI is InChI=1S/C27H26ClN9O2/c1-16(2)26-20(22(7-8-23(26)39-3)37-15-24(28)32-34-37)10-29-27(38)21-14-36(33-31-21)13-19-12-35-11-18(17-4-5-17)6-9-25(35)30-19/h6-9,11-12,14-15,17H,1,4-5,10,13H2,2-3H3,(H,29,38). The molecular weight excluding hydrogens is 518 g/mol. The first-order valence-electron chi connectivity index (χ1n) is 12.5. The van der Waals surface area contributed by atoms with Crippen molar-refractivity contribution in [1.29, 1.82) is 0 Å². The Hall–Kier alpha value is -4.51. The summed E-state index contributed by atoms with van der Waals surface area (Å²) in [5.74, 6) is 0.929. The minimum atomic E-state index is -0.372. The van der Waals surface area contributed by atoms with Crippen molar-refractivity contribution < 1.29 is 9.53 Å². The second-order valence-electron chi connectivity index (χ2n) is 9.63. The molecule has 1 aromatic carbocycles. The predicted octanol–water partition coefficient (Wildman–Crippen LogP) is 4.06. The van der Waals surface area contributed by atoms with E-state index in [1.165, 1.54) is 18.4 Å². The van der Waals surface area contributed by atoms with E-state index in [0.29, 0.717) is 23.9 Å². The first kappa shape index (κ1) is 24.8. The van der Waals surface area contributed by atoms with Gasteiger partial charge < -0.3 is 14.5 Å². The van der Waals surface area contributed by atoms with E-state index < -0.39 is 0 Å². The molecule has 0 aliphatic heterocycles. The van der Waals surface area contributed by atoms with Crippen LogP contribution in [0.25, 0.3) is 16.9 Å². The van der Waals surface area contributed by atoms with Crippen molar-refractivity contribution in [3.05, 3.63) is 88.9 Å². The number of nitrogens with zero attached hydrogens (tertiary/aromatic N) is 8. The van der Waals surface area contributed by atoms with E-state index in [-0.39, 0.29) is 23.3 Å². The Morgan fingerprint density at radius 2 is 1.97 bits per heavy atom. The van der Waals surface area contributed by atoms with Crippen molar-refractivity contribution in [2.24, 2.45) is 0 Å². The van der Waals surface area contributed by atoms with Crippen LogP contribution in [0, 0.1) is 0 Å². The van der Waals surface area contributed by atoms with Gasteiger partial charge in [0.15, 0.2) is 10.8 Å². The summed E-state index contributed by atoms with van der Waals surface area (Å²) in [4.78, 5) is 17.7. The number of fused-ring (bicyclic) bond motifs is 1. The third-order valence-corrected chi connectivity index (χ3v) is 6.88. The first-order valence-corrected chi connectivity index (χ1v) is 12.9. The van der Waals surface area contributed by atoms with Gasteiger partial charge in [-0.3, -0.25) is 4.79 Å². The van der Waals surface area contributed by atoms with Crippen molar-refractivity contribution in [3.8, 4) is 11.4 Å². The molecule has 39 heavy (non-hydrogen) atoms. The second kappa shape index (κ2) is 9.99. The highest BCUT2D eigenvalue weighted by molar-refractivity contribution is 6.29. The Morgan fingerprint density at radius 1 is 1.13 bits per heavy atom. The van der Waals surface area contributed by atoms with Gasteiger partial charge in [0.2, 0.25) is 0 Å². The van der Waals surface area contributed by atoms with Crippen LogP contribution in [0.2, 0.25) is 5.15 Å². The minimum absolute atomic E-state index is 0.160. The number of methoxy groups -OCH3 is 1. The van der Waals surface area contributed by atoms with E-state index in [0.717, 1.165) is 28.0 Å². The van der Waals surface area contributed by atoms with E-state index in [4.69, 9.17) is 16.3 Å². The zero-order chi connectivity index (χ0) is 27.1. The van der Waals surface area contributed by atoms with Gasteiger partial charge in [0.25, 0.3) is 5.91 Å². The molecular formula is C27H26ClN9O2. The highest BCUT2D eigenvalue weighted by Crippen LogP contribution is 2.40. The molecule has 0 saturated heterocycles. The zero-order valence-corrected chi connectivity index (χ0v) is 22.3. The van der Waals surface area contributed by atoms with Crippen molar-refractivity contribution >= 4 is 28.7 Å². The van der Waals surface area contributed by atoms with Gasteiger partial charge in [-0.15, -0.1) is 10.2 Å². The van der Waals surface area contributed by atoms with Crippen LogP contribution in [-0.4, -0.2) is 52.4 Å². The lowest BCUT2D eigenvalue weighted by Gasteiger charge is -2.18. The number of hydrogen-bond donors (Lipinski definition) is 1. The van der Waals surface area contributed by atoms with Crippen LogP contribution < -0.4 is 10.1 Å². The largest absolute Gasteiger partial charge is 0.496 e. The first-order chi connectivity index (χ1) is 18.9. The van der Waals surface area contributed by atoms with Gasteiger partial charge in [-0.2, -0.15) is 0 Å². The summed E-state index contributed by atoms with van der Waals surface area (Å²) in [6.07, 6.45) is 9.83. The molecule has 1 aliphatic carbocycles. The van der Waals surface area contributed by atoms with Crippen molar-refractivity contribution in [2.45, 2.75) is 38.8 Å². The van der Waals surface area contributed by atoms with Gasteiger partial charge >= 0.3 is 0 Å². The molecule has 0 spiro atoms. The van der Waals surface area contributed by atoms with E-state index in [1.54, 1.807) is 28.9 Å². The number of halogens is 1. The quantitative estimate of drug-likeness (QED) is 0.298. The van der Waals surface area contributed by atoms with Crippen molar-refractivity contribution in [2.75, 3.05) is 7.11 Å². The number of carbonyl (C=O) groups excluding carboxylic acids is 1. The molecule has 0 unspecified atom stereocenters.